The fourth-order valence-electron chi connectivity index (χ4n) is 2.19. The fraction of sp³-hybridized carbons (Fsp3) is 0.188. The summed E-state index contributed by atoms with van der Waals surface area (Å²) in [5.74, 6) is -0.275. The quantitative estimate of drug-likeness (QED) is 0.672. The number of nitro groups is 1. The van der Waals surface area contributed by atoms with Crippen LogP contribution < -0.4 is 5.32 Å². The summed E-state index contributed by atoms with van der Waals surface area (Å²) in [7, 11) is 0. The Balaban J connectivity index is 2.34. The second-order valence-electron chi connectivity index (χ2n) is 4.87. The largest absolute Gasteiger partial charge is 0.321 e. The van der Waals surface area contributed by atoms with Crippen LogP contribution in [0.25, 0.3) is 0 Å². The van der Waals surface area contributed by atoms with E-state index >= 15 is 0 Å². The molecule has 1 amide bonds. The summed E-state index contributed by atoms with van der Waals surface area (Å²) < 4.78 is 0. The molecule has 0 aliphatic rings. The number of carbonyl (C=O) groups excluding carboxylic acids is 1. The second kappa shape index (κ2) is 6.58. The number of aryl methyl sites for hydroxylation is 2. The maximum Gasteiger partial charge on any atom is 0.270 e. The van der Waals surface area contributed by atoms with Crippen molar-refractivity contribution in [2.75, 3.05) is 5.32 Å². The van der Waals surface area contributed by atoms with Gasteiger partial charge in [-0.2, -0.15) is 0 Å². The van der Waals surface area contributed by atoms with Gasteiger partial charge in [0.2, 0.25) is 0 Å². The Hall–Kier alpha value is -2.40. The molecule has 0 aliphatic carbocycles. The molecule has 2 rings (SSSR count). The Labute approximate surface area is 133 Å². The van der Waals surface area contributed by atoms with Gasteiger partial charge in [-0.25, -0.2) is 0 Å². The average molecular weight is 319 g/mol. The Morgan fingerprint density at radius 2 is 1.91 bits per heavy atom. The lowest BCUT2D eigenvalue weighted by Gasteiger charge is -2.13. The molecule has 0 radical (unpaired) electrons. The van der Waals surface area contributed by atoms with E-state index < -0.39 is 4.92 Å². The first-order valence-electron chi connectivity index (χ1n) is 6.77. The molecule has 0 saturated carbocycles. The predicted molar refractivity (Wildman–Crippen MR) is 86.6 cm³/mol. The minimum Gasteiger partial charge on any atom is -0.321 e. The van der Waals surface area contributed by atoms with Crippen molar-refractivity contribution >= 4 is 28.9 Å². The smallest absolute Gasteiger partial charge is 0.270 e. The standard InChI is InChI=1S/C16H15ClN2O3/c1-3-11-9-14(19(21)22)8-10(2)15(11)18-16(20)12-4-6-13(17)7-5-12/h4-9H,3H2,1-2H3,(H,18,20). The first kappa shape index (κ1) is 16.0. The Kier molecular flexibility index (Phi) is 4.78. The maximum atomic E-state index is 12.3. The molecule has 6 heteroatoms. The van der Waals surface area contributed by atoms with E-state index in [4.69, 9.17) is 11.6 Å². The highest BCUT2D eigenvalue weighted by Gasteiger charge is 2.16. The van der Waals surface area contributed by atoms with Crippen LogP contribution in [0.4, 0.5) is 11.4 Å². The minimum absolute atomic E-state index is 0.0267. The van der Waals surface area contributed by atoms with E-state index in [1.165, 1.54) is 12.1 Å². The summed E-state index contributed by atoms with van der Waals surface area (Å²) in [4.78, 5) is 22.8. The van der Waals surface area contributed by atoms with Gasteiger partial charge < -0.3 is 5.32 Å². The summed E-state index contributed by atoms with van der Waals surface area (Å²) in [6.07, 6.45) is 0.582. The summed E-state index contributed by atoms with van der Waals surface area (Å²) in [6, 6.07) is 9.48. The van der Waals surface area contributed by atoms with Crippen molar-refractivity contribution in [1.82, 2.24) is 0 Å². The number of nitrogens with one attached hydrogen (secondary N) is 1. The zero-order valence-electron chi connectivity index (χ0n) is 12.2. The van der Waals surface area contributed by atoms with Gasteiger partial charge in [0.25, 0.3) is 11.6 Å². The number of nitrogens with zero attached hydrogens (tertiary/aromatic N) is 1. The normalized spacial score (nSPS) is 10.3. The van der Waals surface area contributed by atoms with Crippen LogP contribution in [0.15, 0.2) is 36.4 Å². The third-order valence-corrected chi connectivity index (χ3v) is 3.59. The zero-order valence-corrected chi connectivity index (χ0v) is 13.0. The number of hydrogen-bond donors (Lipinski definition) is 1. The number of rotatable bonds is 4. The van der Waals surface area contributed by atoms with Crippen molar-refractivity contribution in [2.24, 2.45) is 0 Å². The molecule has 0 heterocycles. The van der Waals surface area contributed by atoms with Crippen LogP contribution in [-0.4, -0.2) is 10.8 Å². The molecule has 0 bridgehead atoms. The van der Waals surface area contributed by atoms with Gasteiger partial charge in [0, 0.05) is 28.4 Å². The number of nitro benzene ring substituents is 1. The molecule has 0 aliphatic heterocycles. The van der Waals surface area contributed by atoms with Crippen LogP contribution in [0.5, 0.6) is 0 Å². The van der Waals surface area contributed by atoms with E-state index in [0.29, 0.717) is 28.3 Å². The summed E-state index contributed by atoms with van der Waals surface area (Å²) >= 11 is 5.80. The van der Waals surface area contributed by atoms with Gasteiger partial charge in [-0.15, -0.1) is 0 Å². The first-order valence-corrected chi connectivity index (χ1v) is 7.15. The SMILES string of the molecule is CCc1cc([N+](=O)[O-])cc(C)c1NC(=O)c1ccc(Cl)cc1. The molecule has 0 saturated heterocycles. The van der Waals surface area contributed by atoms with Gasteiger partial charge in [0.05, 0.1) is 4.92 Å². The van der Waals surface area contributed by atoms with E-state index in [-0.39, 0.29) is 11.6 Å². The fourth-order valence-corrected chi connectivity index (χ4v) is 2.32. The van der Waals surface area contributed by atoms with Crippen molar-refractivity contribution in [2.45, 2.75) is 20.3 Å². The molecule has 22 heavy (non-hydrogen) atoms. The topological polar surface area (TPSA) is 72.2 Å². The number of halogens is 1. The lowest BCUT2D eigenvalue weighted by Crippen LogP contribution is -2.14. The van der Waals surface area contributed by atoms with Gasteiger partial charge in [0.1, 0.15) is 0 Å². The van der Waals surface area contributed by atoms with E-state index in [2.05, 4.69) is 5.32 Å². The number of benzene rings is 2. The maximum absolute atomic E-state index is 12.3. The van der Waals surface area contributed by atoms with Gasteiger partial charge >= 0.3 is 0 Å². The van der Waals surface area contributed by atoms with E-state index in [9.17, 15) is 14.9 Å². The van der Waals surface area contributed by atoms with E-state index in [0.717, 1.165) is 5.56 Å². The second-order valence-corrected chi connectivity index (χ2v) is 5.30. The third kappa shape index (κ3) is 3.43. The highest BCUT2D eigenvalue weighted by Crippen LogP contribution is 2.28. The molecule has 5 nitrogen and oxygen atoms in total. The highest BCUT2D eigenvalue weighted by atomic mass is 35.5. The molecule has 0 spiro atoms. The highest BCUT2D eigenvalue weighted by molar-refractivity contribution is 6.30. The molecule has 114 valence electrons. The third-order valence-electron chi connectivity index (χ3n) is 3.34. The first-order chi connectivity index (χ1) is 10.4. The Bertz CT molecular complexity index is 727. The molecule has 2 aromatic carbocycles. The molecular formula is C16H15ClN2O3. The minimum atomic E-state index is -0.434. The summed E-state index contributed by atoms with van der Waals surface area (Å²) in [5.41, 5.74) is 2.51. The molecule has 0 aromatic heterocycles. The molecule has 0 atom stereocenters. The van der Waals surface area contributed by atoms with Gasteiger partial charge in [0.15, 0.2) is 0 Å². The van der Waals surface area contributed by atoms with Crippen molar-refractivity contribution in [1.29, 1.82) is 0 Å². The van der Waals surface area contributed by atoms with Crippen molar-refractivity contribution < 1.29 is 9.72 Å². The monoisotopic (exact) mass is 318 g/mol. The molecule has 1 N–H and O–H groups in total. The lowest BCUT2D eigenvalue weighted by molar-refractivity contribution is -0.384. The van der Waals surface area contributed by atoms with Crippen LogP contribution in [0.1, 0.15) is 28.4 Å². The average Bonchev–Trinajstić information content (AvgIpc) is 2.49. The Morgan fingerprint density at radius 3 is 2.45 bits per heavy atom. The van der Waals surface area contributed by atoms with Gasteiger partial charge in [-0.3, -0.25) is 14.9 Å². The van der Waals surface area contributed by atoms with Crippen LogP contribution in [0, 0.1) is 17.0 Å². The van der Waals surface area contributed by atoms with Gasteiger partial charge in [-0.1, -0.05) is 18.5 Å². The predicted octanol–water partition coefficient (Wildman–Crippen LogP) is 4.37. The number of amides is 1. The molecular weight excluding hydrogens is 304 g/mol. The van der Waals surface area contributed by atoms with Crippen LogP contribution in [-0.2, 0) is 6.42 Å². The van der Waals surface area contributed by atoms with Crippen LogP contribution >= 0.6 is 11.6 Å². The lowest BCUT2D eigenvalue weighted by atomic mass is 10.0. The van der Waals surface area contributed by atoms with Crippen LogP contribution in [0.2, 0.25) is 5.02 Å². The van der Waals surface area contributed by atoms with E-state index in [1.54, 1.807) is 31.2 Å². The number of hydrogen-bond acceptors (Lipinski definition) is 3. The summed E-state index contributed by atoms with van der Waals surface area (Å²) in [5, 5.41) is 14.3. The number of anilines is 1. The number of non-ortho nitro benzene ring substituents is 1. The van der Waals surface area contributed by atoms with Crippen molar-refractivity contribution in [3.8, 4) is 0 Å². The van der Waals surface area contributed by atoms with Crippen molar-refractivity contribution in [3.63, 3.8) is 0 Å². The zero-order chi connectivity index (χ0) is 16.3. The molecule has 0 fully saturated rings. The number of carbonyl (C=O) groups is 1. The molecule has 0 unspecified atom stereocenters. The van der Waals surface area contributed by atoms with Gasteiger partial charge in [-0.05, 0) is 48.7 Å². The van der Waals surface area contributed by atoms with Crippen LogP contribution in [0.3, 0.4) is 0 Å². The van der Waals surface area contributed by atoms with Crippen molar-refractivity contribution in [3.05, 3.63) is 68.2 Å². The summed E-state index contributed by atoms with van der Waals surface area (Å²) in [6.45, 7) is 3.63. The van der Waals surface area contributed by atoms with E-state index in [1.807, 2.05) is 6.92 Å². The molecule has 2 aromatic rings. The Morgan fingerprint density at radius 1 is 1.27 bits per heavy atom.